The van der Waals surface area contributed by atoms with E-state index in [4.69, 9.17) is 14.2 Å². The molecule has 1 amide bonds. The van der Waals surface area contributed by atoms with Crippen LogP contribution in [0.2, 0.25) is 0 Å². The van der Waals surface area contributed by atoms with Crippen molar-refractivity contribution in [2.24, 2.45) is 5.92 Å². The van der Waals surface area contributed by atoms with Crippen molar-refractivity contribution in [3.8, 4) is 0 Å². The van der Waals surface area contributed by atoms with Crippen molar-refractivity contribution < 1.29 is 33.4 Å². The van der Waals surface area contributed by atoms with Crippen molar-refractivity contribution in [3.05, 3.63) is 0 Å². The molecule has 0 aromatic rings. The number of esters is 3. The van der Waals surface area contributed by atoms with Gasteiger partial charge >= 0.3 is 17.9 Å². The molecule has 1 saturated carbocycles. The van der Waals surface area contributed by atoms with E-state index in [1.165, 1.54) is 27.7 Å². The Morgan fingerprint density at radius 2 is 1.45 bits per heavy atom. The smallest absolute Gasteiger partial charge is 0.303 e. The third-order valence-electron chi connectivity index (χ3n) is 3.24. The van der Waals surface area contributed by atoms with Crippen LogP contribution in [0.4, 0.5) is 0 Å². The highest BCUT2D eigenvalue weighted by molar-refractivity contribution is 5.73. The topological polar surface area (TPSA) is 108 Å². The van der Waals surface area contributed by atoms with Crippen LogP contribution in [0.5, 0.6) is 0 Å². The van der Waals surface area contributed by atoms with E-state index in [0.29, 0.717) is 6.42 Å². The molecule has 1 rings (SSSR count). The molecule has 0 radical (unpaired) electrons. The van der Waals surface area contributed by atoms with Gasteiger partial charge in [0.2, 0.25) is 5.91 Å². The molecule has 0 saturated heterocycles. The van der Waals surface area contributed by atoms with Crippen LogP contribution in [-0.2, 0) is 33.4 Å². The average Bonchev–Trinajstić information content (AvgIpc) is 2.63. The van der Waals surface area contributed by atoms with Gasteiger partial charge in [-0.3, -0.25) is 19.2 Å². The largest absolute Gasteiger partial charge is 0.465 e. The van der Waals surface area contributed by atoms with E-state index in [9.17, 15) is 19.2 Å². The number of carbonyl (C=O) groups excluding carboxylic acids is 4. The van der Waals surface area contributed by atoms with Gasteiger partial charge in [0.1, 0.15) is 6.10 Å². The maximum atomic E-state index is 11.3. The molecule has 0 bridgehead atoms. The predicted octanol–water partition coefficient (Wildman–Crippen LogP) is -0.0625. The minimum absolute atomic E-state index is 0.0150. The summed E-state index contributed by atoms with van der Waals surface area (Å²) in [5.74, 6) is -2.22. The third kappa shape index (κ3) is 5.34. The second-order valence-corrected chi connectivity index (χ2v) is 5.25. The van der Waals surface area contributed by atoms with E-state index in [2.05, 4.69) is 5.32 Å². The lowest BCUT2D eigenvalue weighted by atomic mass is 10.1. The van der Waals surface area contributed by atoms with Crippen LogP contribution < -0.4 is 5.32 Å². The summed E-state index contributed by atoms with van der Waals surface area (Å²) >= 11 is 0. The van der Waals surface area contributed by atoms with Gasteiger partial charge in [0.25, 0.3) is 0 Å². The zero-order valence-corrected chi connectivity index (χ0v) is 13.1. The molecule has 0 spiro atoms. The number of amides is 1. The van der Waals surface area contributed by atoms with Crippen LogP contribution in [0.25, 0.3) is 0 Å². The van der Waals surface area contributed by atoms with Crippen LogP contribution in [0.3, 0.4) is 0 Å². The summed E-state index contributed by atoms with van der Waals surface area (Å²) in [5.41, 5.74) is 0. The zero-order valence-electron chi connectivity index (χ0n) is 13.1. The molecule has 4 atom stereocenters. The molecule has 0 heterocycles. The van der Waals surface area contributed by atoms with E-state index in [0.717, 1.165) is 0 Å². The van der Waals surface area contributed by atoms with Gasteiger partial charge in [0, 0.05) is 33.6 Å². The van der Waals surface area contributed by atoms with Gasteiger partial charge < -0.3 is 19.5 Å². The molecular formula is C14H21NO7. The summed E-state index contributed by atoms with van der Waals surface area (Å²) < 4.78 is 15.4. The molecule has 22 heavy (non-hydrogen) atoms. The summed E-state index contributed by atoms with van der Waals surface area (Å²) in [6.45, 7) is 5.09. The number of ether oxygens (including phenoxy) is 3. The minimum atomic E-state index is -0.814. The lowest BCUT2D eigenvalue weighted by Crippen LogP contribution is -2.46. The Kier molecular flexibility index (Phi) is 6.33. The summed E-state index contributed by atoms with van der Waals surface area (Å²) in [6.07, 6.45) is -1.23. The third-order valence-corrected chi connectivity index (χ3v) is 3.24. The Bertz CT molecular complexity index is 462. The van der Waals surface area contributed by atoms with Gasteiger partial charge in [-0.15, -0.1) is 0 Å². The zero-order chi connectivity index (χ0) is 16.9. The van der Waals surface area contributed by atoms with Crippen molar-refractivity contribution in [3.63, 3.8) is 0 Å². The highest BCUT2D eigenvalue weighted by Gasteiger charge is 2.48. The maximum Gasteiger partial charge on any atom is 0.303 e. The molecule has 1 aliphatic carbocycles. The van der Waals surface area contributed by atoms with Crippen LogP contribution in [0, 0.1) is 5.92 Å². The highest BCUT2D eigenvalue weighted by Crippen LogP contribution is 2.32. The molecule has 0 unspecified atom stereocenters. The van der Waals surface area contributed by atoms with Crippen LogP contribution >= 0.6 is 0 Å². The normalized spacial score (nSPS) is 26.9. The van der Waals surface area contributed by atoms with Gasteiger partial charge in [-0.25, -0.2) is 0 Å². The van der Waals surface area contributed by atoms with E-state index in [-0.39, 0.29) is 18.4 Å². The molecular weight excluding hydrogens is 294 g/mol. The SMILES string of the molecule is CC(=O)N[C@@H]1C[C@H](COC(C)=O)[C@@H](OC(C)=O)[C@@H]1OC(C)=O. The van der Waals surface area contributed by atoms with Crippen molar-refractivity contribution in [2.75, 3.05) is 6.61 Å². The van der Waals surface area contributed by atoms with E-state index in [1.807, 2.05) is 0 Å². The monoisotopic (exact) mass is 315 g/mol. The van der Waals surface area contributed by atoms with Crippen molar-refractivity contribution in [1.29, 1.82) is 0 Å². The Balaban J connectivity index is 2.94. The fraction of sp³-hybridized carbons (Fsp3) is 0.714. The average molecular weight is 315 g/mol. The second-order valence-electron chi connectivity index (χ2n) is 5.25. The fourth-order valence-corrected chi connectivity index (χ4v) is 2.58. The van der Waals surface area contributed by atoms with Crippen LogP contribution in [-0.4, -0.2) is 48.7 Å². The van der Waals surface area contributed by atoms with Gasteiger partial charge in [-0.2, -0.15) is 0 Å². The molecule has 0 aliphatic heterocycles. The Hall–Kier alpha value is -2.12. The lowest BCUT2D eigenvalue weighted by Gasteiger charge is -2.26. The van der Waals surface area contributed by atoms with Crippen LogP contribution in [0.1, 0.15) is 34.1 Å². The number of hydrogen-bond donors (Lipinski definition) is 1. The highest BCUT2D eigenvalue weighted by atomic mass is 16.6. The van der Waals surface area contributed by atoms with Crippen LogP contribution in [0.15, 0.2) is 0 Å². The quantitative estimate of drug-likeness (QED) is 0.559. The number of rotatable bonds is 5. The molecule has 1 aliphatic rings. The minimum Gasteiger partial charge on any atom is -0.465 e. The molecule has 8 heteroatoms. The Labute approximate surface area is 128 Å². The number of hydrogen-bond acceptors (Lipinski definition) is 7. The summed E-state index contributed by atoms with van der Waals surface area (Å²) in [6, 6.07) is -0.508. The molecule has 124 valence electrons. The van der Waals surface area contributed by atoms with E-state index in [1.54, 1.807) is 0 Å². The Morgan fingerprint density at radius 3 is 1.91 bits per heavy atom. The Morgan fingerprint density at radius 1 is 0.909 bits per heavy atom. The van der Waals surface area contributed by atoms with Gasteiger partial charge in [-0.1, -0.05) is 0 Å². The molecule has 0 aromatic carbocycles. The molecule has 8 nitrogen and oxygen atoms in total. The predicted molar refractivity (Wildman–Crippen MR) is 73.5 cm³/mol. The standard InChI is InChI=1S/C14H21NO7/c1-7(16)15-12-5-11(6-20-8(2)17)13(21-9(3)18)14(12)22-10(4)19/h11-14H,5-6H2,1-4H3,(H,15,16)/t11-,12-,13-,14-/m1/s1. The van der Waals surface area contributed by atoms with E-state index >= 15 is 0 Å². The van der Waals surface area contributed by atoms with Gasteiger partial charge in [0.15, 0.2) is 6.10 Å². The number of nitrogens with one attached hydrogen (secondary N) is 1. The van der Waals surface area contributed by atoms with E-state index < -0.39 is 36.2 Å². The summed E-state index contributed by atoms with van der Waals surface area (Å²) in [4.78, 5) is 44.8. The van der Waals surface area contributed by atoms with Gasteiger partial charge in [0.05, 0.1) is 12.6 Å². The fourth-order valence-electron chi connectivity index (χ4n) is 2.58. The first-order chi connectivity index (χ1) is 10.2. The first kappa shape index (κ1) is 17.9. The lowest BCUT2D eigenvalue weighted by molar-refractivity contribution is -0.168. The van der Waals surface area contributed by atoms with Gasteiger partial charge in [-0.05, 0) is 6.42 Å². The van der Waals surface area contributed by atoms with Crippen molar-refractivity contribution >= 4 is 23.8 Å². The first-order valence-corrected chi connectivity index (χ1v) is 6.95. The first-order valence-electron chi connectivity index (χ1n) is 6.95. The summed E-state index contributed by atoms with van der Waals surface area (Å²) in [5, 5.41) is 2.67. The summed E-state index contributed by atoms with van der Waals surface area (Å²) in [7, 11) is 0. The number of carbonyl (C=O) groups is 4. The molecule has 1 N–H and O–H groups in total. The molecule has 0 aromatic heterocycles. The van der Waals surface area contributed by atoms with Crippen molar-refractivity contribution in [2.45, 2.75) is 52.4 Å². The molecule has 1 fully saturated rings. The maximum absolute atomic E-state index is 11.3. The van der Waals surface area contributed by atoms with Crippen molar-refractivity contribution in [1.82, 2.24) is 5.32 Å². The second kappa shape index (κ2) is 7.77.